The summed E-state index contributed by atoms with van der Waals surface area (Å²) < 4.78 is 5.18. The molecule has 1 aliphatic rings. The maximum Gasteiger partial charge on any atom is 0.306 e. The molecule has 120 valence electrons. The molecule has 2 aromatic carbocycles. The monoisotopic (exact) mass is 309 g/mol. The van der Waals surface area contributed by atoms with Gasteiger partial charge in [0.15, 0.2) is 0 Å². The van der Waals surface area contributed by atoms with Crippen LogP contribution in [0.4, 0.5) is 0 Å². The number of hydrogen-bond acceptors (Lipinski definition) is 3. The lowest BCUT2D eigenvalue weighted by Gasteiger charge is -2.22. The number of rotatable bonds is 5. The largest absolute Gasteiger partial charge is 0.466 e. The zero-order valence-electron chi connectivity index (χ0n) is 13.5. The maximum absolute atomic E-state index is 12.1. The first kappa shape index (κ1) is 15.8. The third kappa shape index (κ3) is 3.80. The van der Waals surface area contributed by atoms with Crippen LogP contribution < -0.4 is 5.32 Å². The zero-order chi connectivity index (χ0) is 16.1. The first-order chi connectivity index (χ1) is 11.3. The molecule has 0 amide bonds. The summed E-state index contributed by atoms with van der Waals surface area (Å²) in [7, 11) is 0. The molecule has 0 fully saturated rings. The Morgan fingerprint density at radius 1 is 1.13 bits per heavy atom. The molecule has 2 aromatic rings. The average Bonchev–Trinajstić information content (AvgIpc) is 2.60. The van der Waals surface area contributed by atoms with E-state index in [4.69, 9.17) is 4.74 Å². The number of ether oxygens (including phenoxy) is 1. The molecule has 1 heterocycles. The van der Waals surface area contributed by atoms with Crippen molar-refractivity contribution in [2.45, 2.75) is 32.2 Å². The van der Waals surface area contributed by atoms with E-state index in [1.165, 1.54) is 16.7 Å². The van der Waals surface area contributed by atoms with Crippen LogP contribution in [0.5, 0.6) is 0 Å². The minimum atomic E-state index is -0.141. The number of nitrogens with one attached hydrogen (secondary N) is 1. The van der Waals surface area contributed by atoms with Crippen molar-refractivity contribution in [3.63, 3.8) is 0 Å². The fourth-order valence-electron chi connectivity index (χ4n) is 3.22. The van der Waals surface area contributed by atoms with E-state index < -0.39 is 0 Å². The fourth-order valence-corrected chi connectivity index (χ4v) is 3.22. The quantitative estimate of drug-likeness (QED) is 0.860. The van der Waals surface area contributed by atoms with Crippen LogP contribution in [0.15, 0.2) is 48.5 Å². The highest BCUT2D eigenvalue weighted by Gasteiger charge is 2.20. The zero-order valence-corrected chi connectivity index (χ0v) is 13.5. The van der Waals surface area contributed by atoms with Crippen LogP contribution in [0.3, 0.4) is 0 Å². The van der Waals surface area contributed by atoms with Gasteiger partial charge in [0.2, 0.25) is 0 Å². The van der Waals surface area contributed by atoms with E-state index in [0.29, 0.717) is 13.0 Å². The summed E-state index contributed by atoms with van der Waals surface area (Å²) >= 11 is 0. The van der Waals surface area contributed by atoms with Crippen LogP contribution in [0.25, 0.3) is 0 Å². The van der Waals surface area contributed by atoms with E-state index in [2.05, 4.69) is 35.6 Å². The van der Waals surface area contributed by atoms with Gasteiger partial charge in [-0.2, -0.15) is 0 Å². The molecule has 0 aliphatic carbocycles. The van der Waals surface area contributed by atoms with Crippen molar-refractivity contribution in [2.75, 3.05) is 13.2 Å². The summed E-state index contributed by atoms with van der Waals surface area (Å²) in [6, 6.07) is 16.8. The van der Waals surface area contributed by atoms with Crippen molar-refractivity contribution < 1.29 is 9.53 Å². The molecule has 0 radical (unpaired) electrons. The van der Waals surface area contributed by atoms with Gasteiger partial charge < -0.3 is 10.1 Å². The van der Waals surface area contributed by atoms with Crippen molar-refractivity contribution in [1.29, 1.82) is 0 Å². The van der Waals surface area contributed by atoms with E-state index in [-0.39, 0.29) is 11.9 Å². The van der Waals surface area contributed by atoms with Gasteiger partial charge in [-0.15, -0.1) is 0 Å². The maximum atomic E-state index is 12.1. The van der Waals surface area contributed by atoms with E-state index >= 15 is 0 Å². The van der Waals surface area contributed by atoms with Gasteiger partial charge in [-0.3, -0.25) is 4.79 Å². The summed E-state index contributed by atoms with van der Waals surface area (Å²) in [4.78, 5) is 12.1. The summed E-state index contributed by atoms with van der Waals surface area (Å²) in [5.41, 5.74) is 5.10. The lowest BCUT2D eigenvalue weighted by Crippen LogP contribution is -2.24. The Balaban J connectivity index is 1.93. The minimum Gasteiger partial charge on any atom is -0.466 e. The van der Waals surface area contributed by atoms with Crippen LogP contribution >= 0.6 is 0 Å². The van der Waals surface area contributed by atoms with Gasteiger partial charge in [0.05, 0.1) is 13.0 Å². The molecule has 0 bridgehead atoms. The molecular weight excluding hydrogens is 286 g/mol. The molecular formula is C20H23NO2. The number of esters is 1. The molecule has 3 heteroatoms. The second-order valence-electron chi connectivity index (χ2n) is 5.93. The van der Waals surface area contributed by atoms with Gasteiger partial charge in [0.25, 0.3) is 0 Å². The van der Waals surface area contributed by atoms with Gasteiger partial charge in [0.1, 0.15) is 0 Å². The second-order valence-corrected chi connectivity index (χ2v) is 5.93. The molecule has 3 nitrogen and oxygen atoms in total. The van der Waals surface area contributed by atoms with Crippen molar-refractivity contribution >= 4 is 5.97 Å². The summed E-state index contributed by atoms with van der Waals surface area (Å²) in [6.07, 6.45) is 1.45. The van der Waals surface area contributed by atoms with Crippen LogP contribution in [0, 0.1) is 0 Å². The summed E-state index contributed by atoms with van der Waals surface area (Å²) in [6.45, 7) is 4.22. The minimum absolute atomic E-state index is 0.0440. The molecule has 1 unspecified atom stereocenters. The number of benzene rings is 2. The lowest BCUT2D eigenvalue weighted by molar-refractivity contribution is -0.143. The molecule has 23 heavy (non-hydrogen) atoms. The highest BCUT2D eigenvalue weighted by Crippen LogP contribution is 2.30. The smallest absolute Gasteiger partial charge is 0.306 e. The predicted octanol–water partition coefficient (Wildman–Crippen LogP) is 3.42. The Morgan fingerprint density at radius 3 is 2.74 bits per heavy atom. The topological polar surface area (TPSA) is 38.3 Å². The van der Waals surface area contributed by atoms with Gasteiger partial charge >= 0.3 is 5.97 Å². The van der Waals surface area contributed by atoms with Crippen LogP contribution in [-0.4, -0.2) is 19.1 Å². The van der Waals surface area contributed by atoms with E-state index in [0.717, 1.165) is 25.1 Å². The second kappa shape index (κ2) is 7.42. The van der Waals surface area contributed by atoms with E-state index in [1.807, 2.05) is 25.1 Å². The normalized spacial score (nSPS) is 14.8. The Bertz CT molecular complexity index is 667. The van der Waals surface area contributed by atoms with Crippen LogP contribution in [0.2, 0.25) is 0 Å². The van der Waals surface area contributed by atoms with E-state index in [1.54, 1.807) is 0 Å². The standard InChI is InChI=1S/C20H23NO2/c1-2-23-20(22)13-19(16-6-4-3-5-7-16)17-9-8-15-10-11-21-14-18(15)12-17/h3-9,12,19,21H,2,10-11,13-14H2,1H3. The van der Waals surface area contributed by atoms with Crippen LogP contribution in [0.1, 0.15) is 41.5 Å². The molecule has 1 aliphatic heterocycles. The van der Waals surface area contributed by atoms with Gasteiger partial charge in [-0.05, 0) is 42.1 Å². The fraction of sp³-hybridized carbons (Fsp3) is 0.350. The summed E-state index contributed by atoms with van der Waals surface area (Å²) in [5, 5.41) is 3.42. The van der Waals surface area contributed by atoms with Gasteiger partial charge in [0, 0.05) is 12.5 Å². The molecule has 3 rings (SSSR count). The molecule has 0 spiro atoms. The highest BCUT2D eigenvalue weighted by molar-refractivity contribution is 5.71. The lowest BCUT2D eigenvalue weighted by atomic mass is 9.86. The van der Waals surface area contributed by atoms with Crippen molar-refractivity contribution in [3.8, 4) is 0 Å². The SMILES string of the molecule is CCOC(=O)CC(c1ccccc1)c1ccc2c(c1)CNCC2. The number of carbonyl (C=O) groups excluding carboxylic acids is 1. The molecule has 1 atom stereocenters. The van der Waals surface area contributed by atoms with Gasteiger partial charge in [-0.25, -0.2) is 0 Å². The molecule has 0 saturated heterocycles. The number of fused-ring (bicyclic) bond motifs is 1. The van der Waals surface area contributed by atoms with Crippen molar-refractivity contribution in [2.24, 2.45) is 0 Å². The average molecular weight is 309 g/mol. The Kier molecular flexibility index (Phi) is 5.09. The Morgan fingerprint density at radius 2 is 1.96 bits per heavy atom. The Hall–Kier alpha value is -2.13. The van der Waals surface area contributed by atoms with Crippen molar-refractivity contribution in [1.82, 2.24) is 5.32 Å². The molecule has 1 N–H and O–H groups in total. The molecule has 0 aromatic heterocycles. The molecule has 0 saturated carbocycles. The third-order valence-corrected chi connectivity index (χ3v) is 4.40. The first-order valence-electron chi connectivity index (χ1n) is 8.31. The Labute approximate surface area is 137 Å². The van der Waals surface area contributed by atoms with Gasteiger partial charge in [-0.1, -0.05) is 48.5 Å². The van der Waals surface area contributed by atoms with Crippen molar-refractivity contribution in [3.05, 3.63) is 70.8 Å². The number of hydrogen-bond donors (Lipinski definition) is 1. The summed E-state index contributed by atoms with van der Waals surface area (Å²) in [5.74, 6) is -0.0975. The third-order valence-electron chi connectivity index (χ3n) is 4.40. The predicted molar refractivity (Wildman–Crippen MR) is 91.4 cm³/mol. The highest BCUT2D eigenvalue weighted by atomic mass is 16.5. The van der Waals surface area contributed by atoms with E-state index in [9.17, 15) is 4.79 Å². The number of carbonyl (C=O) groups is 1. The first-order valence-corrected chi connectivity index (χ1v) is 8.31. The van der Waals surface area contributed by atoms with Crippen LogP contribution in [-0.2, 0) is 22.5 Å².